The van der Waals surface area contributed by atoms with E-state index in [4.69, 9.17) is 9.81 Å². The van der Waals surface area contributed by atoms with Gasteiger partial charge in [-0.2, -0.15) is 5.26 Å². The zero-order valence-corrected chi connectivity index (χ0v) is 7.34. The highest BCUT2D eigenvalue weighted by atomic mass is 32.2. The van der Waals surface area contributed by atoms with Gasteiger partial charge in [0, 0.05) is 0 Å². The molecule has 1 aromatic rings. The van der Waals surface area contributed by atoms with E-state index in [1.807, 2.05) is 0 Å². The van der Waals surface area contributed by atoms with Gasteiger partial charge < -0.3 is 4.55 Å². The Labute approximate surface area is 77.1 Å². The quantitative estimate of drug-likeness (QED) is 0.733. The van der Waals surface area contributed by atoms with E-state index >= 15 is 0 Å². The summed E-state index contributed by atoms with van der Waals surface area (Å²) in [6.45, 7) is 0. The molecule has 0 aliphatic rings. The smallest absolute Gasteiger partial charge is 0.157 e. The van der Waals surface area contributed by atoms with Crippen LogP contribution in [-0.2, 0) is 16.8 Å². The molecule has 1 rings (SSSR count). The lowest BCUT2D eigenvalue weighted by molar-refractivity contribution is 0.563. The lowest BCUT2D eigenvalue weighted by Crippen LogP contribution is -1.96. The van der Waals surface area contributed by atoms with Crippen LogP contribution >= 0.6 is 0 Å². The van der Waals surface area contributed by atoms with Crippen molar-refractivity contribution < 1.29 is 13.2 Å². The summed E-state index contributed by atoms with van der Waals surface area (Å²) >= 11 is -2.01. The van der Waals surface area contributed by atoms with E-state index in [-0.39, 0.29) is 11.3 Å². The summed E-state index contributed by atoms with van der Waals surface area (Å²) in [7, 11) is 0. The summed E-state index contributed by atoms with van der Waals surface area (Å²) in [6.07, 6.45) is 0. The zero-order valence-electron chi connectivity index (χ0n) is 6.53. The van der Waals surface area contributed by atoms with Crippen LogP contribution in [0.25, 0.3) is 0 Å². The minimum Gasteiger partial charge on any atom is -0.306 e. The monoisotopic (exact) mass is 199 g/mol. The molecule has 1 atom stereocenters. The molecule has 5 heteroatoms. The van der Waals surface area contributed by atoms with Gasteiger partial charge >= 0.3 is 0 Å². The fourth-order valence-corrected chi connectivity index (χ4v) is 1.43. The Kier molecular flexibility index (Phi) is 3.12. The van der Waals surface area contributed by atoms with Gasteiger partial charge in [0.25, 0.3) is 0 Å². The van der Waals surface area contributed by atoms with Gasteiger partial charge in [0.1, 0.15) is 5.82 Å². The van der Waals surface area contributed by atoms with E-state index in [0.717, 1.165) is 12.1 Å². The molecule has 1 N–H and O–H groups in total. The van der Waals surface area contributed by atoms with Crippen molar-refractivity contribution in [1.82, 2.24) is 0 Å². The topological polar surface area (TPSA) is 61.1 Å². The van der Waals surface area contributed by atoms with E-state index in [2.05, 4.69) is 0 Å². The van der Waals surface area contributed by atoms with Crippen LogP contribution in [0.5, 0.6) is 0 Å². The van der Waals surface area contributed by atoms with Crippen LogP contribution in [0.1, 0.15) is 11.1 Å². The van der Waals surface area contributed by atoms with E-state index in [1.165, 1.54) is 6.07 Å². The SMILES string of the molecule is N#Cc1cc(F)ccc1CS(=O)O. The highest BCUT2D eigenvalue weighted by molar-refractivity contribution is 7.78. The lowest BCUT2D eigenvalue weighted by atomic mass is 10.1. The molecule has 13 heavy (non-hydrogen) atoms. The minimum atomic E-state index is -2.01. The molecule has 1 aromatic carbocycles. The predicted molar refractivity (Wildman–Crippen MR) is 45.6 cm³/mol. The average molecular weight is 199 g/mol. The van der Waals surface area contributed by atoms with Gasteiger partial charge in [-0.05, 0) is 17.7 Å². The first kappa shape index (κ1) is 9.84. The molecule has 3 nitrogen and oxygen atoms in total. The molecule has 0 aliphatic heterocycles. The summed E-state index contributed by atoms with van der Waals surface area (Å²) in [6, 6.07) is 5.29. The molecule has 0 aliphatic carbocycles. The molecule has 0 saturated heterocycles. The average Bonchev–Trinajstić information content (AvgIpc) is 2.07. The van der Waals surface area contributed by atoms with E-state index in [1.54, 1.807) is 6.07 Å². The van der Waals surface area contributed by atoms with Gasteiger partial charge in [0.2, 0.25) is 0 Å². The van der Waals surface area contributed by atoms with E-state index < -0.39 is 16.9 Å². The number of benzene rings is 1. The third kappa shape index (κ3) is 2.61. The van der Waals surface area contributed by atoms with Crippen LogP contribution in [-0.4, -0.2) is 8.76 Å². The predicted octanol–water partition coefficient (Wildman–Crippen LogP) is 1.42. The third-order valence-electron chi connectivity index (χ3n) is 1.47. The van der Waals surface area contributed by atoms with Crippen molar-refractivity contribution in [3.8, 4) is 6.07 Å². The second-order valence-corrected chi connectivity index (χ2v) is 3.31. The first-order valence-electron chi connectivity index (χ1n) is 3.39. The molecule has 0 bridgehead atoms. The molecule has 0 aromatic heterocycles. The van der Waals surface area contributed by atoms with Crippen molar-refractivity contribution >= 4 is 11.1 Å². The van der Waals surface area contributed by atoms with Crippen LogP contribution in [0.3, 0.4) is 0 Å². The Balaban J connectivity index is 3.08. The fraction of sp³-hybridized carbons (Fsp3) is 0.125. The molecule has 0 saturated carbocycles. The number of hydrogen-bond acceptors (Lipinski definition) is 2. The van der Waals surface area contributed by atoms with Gasteiger partial charge in [0.05, 0.1) is 17.4 Å². The second kappa shape index (κ2) is 4.12. The lowest BCUT2D eigenvalue weighted by Gasteiger charge is -1.99. The summed E-state index contributed by atoms with van der Waals surface area (Å²) < 4.78 is 31.6. The van der Waals surface area contributed by atoms with Crippen LogP contribution in [0, 0.1) is 17.1 Å². The van der Waals surface area contributed by atoms with Crippen LogP contribution in [0.2, 0.25) is 0 Å². The highest BCUT2D eigenvalue weighted by Crippen LogP contribution is 2.11. The van der Waals surface area contributed by atoms with Gasteiger partial charge in [-0.1, -0.05) is 6.07 Å². The summed E-state index contributed by atoms with van der Waals surface area (Å²) in [5.41, 5.74) is 0.479. The Morgan fingerprint density at radius 2 is 2.31 bits per heavy atom. The maximum absolute atomic E-state index is 12.6. The zero-order chi connectivity index (χ0) is 9.84. The number of nitriles is 1. The van der Waals surface area contributed by atoms with Crippen molar-refractivity contribution in [1.29, 1.82) is 5.26 Å². The maximum atomic E-state index is 12.6. The number of halogens is 1. The van der Waals surface area contributed by atoms with Gasteiger partial charge in [-0.15, -0.1) is 0 Å². The molecule has 0 spiro atoms. The van der Waals surface area contributed by atoms with Crippen LogP contribution < -0.4 is 0 Å². The molecular formula is C8H6FNO2S. The molecular weight excluding hydrogens is 193 g/mol. The Hall–Kier alpha value is -1.25. The largest absolute Gasteiger partial charge is 0.306 e. The Bertz CT molecular complexity index is 386. The molecule has 68 valence electrons. The van der Waals surface area contributed by atoms with E-state index in [0.29, 0.717) is 5.56 Å². The summed E-state index contributed by atoms with van der Waals surface area (Å²) in [4.78, 5) is 0. The maximum Gasteiger partial charge on any atom is 0.157 e. The molecule has 0 fully saturated rings. The summed E-state index contributed by atoms with van der Waals surface area (Å²) in [5.74, 6) is -0.674. The number of rotatable bonds is 2. The Morgan fingerprint density at radius 3 is 2.85 bits per heavy atom. The van der Waals surface area contributed by atoms with Crippen molar-refractivity contribution in [3.63, 3.8) is 0 Å². The van der Waals surface area contributed by atoms with Crippen LogP contribution in [0.15, 0.2) is 18.2 Å². The van der Waals surface area contributed by atoms with E-state index in [9.17, 15) is 8.60 Å². The first-order valence-corrected chi connectivity index (χ1v) is 4.67. The summed E-state index contributed by atoms with van der Waals surface area (Å²) in [5, 5.41) is 8.56. The molecule has 0 heterocycles. The highest BCUT2D eigenvalue weighted by Gasteiger charge is 2.05. The van der Waals surface area contributed by atoms with Gasteiger partial charge in [0.15, 0.2) is 11.1 Å². The van der Waals surface area contributed by atoms with Crippen molar-refractivity contribution in [2.45, 2.75) is 5.75 Å². The molecule has 0 radical (unpaired) electrons. The Morgan fingerprint density at radius 1 is 1.62 bits per heavy atom. The number of hydrogen-bond donors (Lipinski definition) is 1. The molecule has 1 unspecified atom stereocenters. The number of nitrogens with zero attached hydrogens (tertiary/aromatic N) is 1. The van der Waals surface area contributed by atoms with Crippen molar-refractivity contribution in [3.05, 3.63) is 35.1 Å². The molecule has 0 amide bonds. The normalized spacial score (nSPS) is 12.1. The standard InChI is InChI=1S/C8H6FNO2S/c9-8-2-1-6(5-13(11)12)7(3-8)4-10/h1-3H,5H2,(H,11,12). The van der Waals surface area contributed by atoms with Crippen molar-refractivity contribution in [2.75, 3.05) is 0 Å². The third-order valence-corrected chi connectivity index (χ3v) is 2.03. The first-order chi connectivity index (χ1) is 6.13. The second-order valence-electron chi connectivity index (χ2n) is 2.38. The van der Waals surface area contributed by atoms with Crippen molar-refractivity contribution in [2.24, 2.45) is 0 Å². The fourth-order valence-electron chi connectivity index (χ4n) is 0.912. The van der Waals surface area contributed by atoms with Gasteiger partial charge in [-0.25, -0.2) is 8.60 Å². The minimum absolute atomic E-state index is 0.0994. The van der Waals surface area contributed by atoms with Gasteiger partial charge in [-0.3, -0.25) is 0 Å². The van der Waals surface area contributed by atoms with Crippen LogP contribution in [0.4, 0.5) is 4.39 Å².